The Morgan fingerprint density at radius 3 is 2.62 bits per heavy atom. The molecule has 2 aliphatic rings. The van der Waals surface area contributed by atoms with Crippen molar-refractivity contribution in [1.29, 1.82) is 0 Å². The highest BCUT2D eigenvalue weighted by Gasteiger charge is 2.35. The van der Waals surface area contributed by atoms with Crippen molar-refractivity contribution >= 4 is 38.4 Å². The number of rotatable bonds is 7. The van der Waals surface area contributed by atoms with Gasteiger partial charge in [0, 0.05) is 34.4 Å². The van der Waals surface area contributed by atoms with Gasteiger partial charge in [0.25, 0.3) is 15.8 Å². The quantitative estimate of drug-likeness (QED) is 0.314. The number of nitro groups is 1. The summed E-state index contributed by atoms with van der Waals surface area (Å²) in [6, 6.07) is 8.82. The number of benzene rings is 2. The molecule has 0 radical (unpaired) electrons. The molecule has 2 heterocycles. The van der Waals surface area contributed by atoms with Crippen LogP contribution in [0.25, 0.3) is 0 Å². The minimum absolute atomic E-state index is 0.0301. The maximum absolute atomic E-state index is 14.8. The van der Waals surface area contributed by atoms with Gasteiger partial charge >= 0.3 is 6.09 Å². The van der Waals surface area contributed by atoms with Gasteiger partial charge in [0.2, 0.25) is 0 Å². The summed E-state index contributed by atoms with van der Waals surface area (Å²) < 4.78 is 61.2. The van der Waals surface area contributed by atoms with Crippen molar-refractivity contribution in [3.63, 3.8) is 0 Å². The first-order valence-electron chi connectivity index (χ1n) is 10.4. The van der Waals surface area contributed by atoms with E-state index in [0.29, 0.717) is 29.9 Å². The molecule has 13 heteroatoms. The lowest BCUT2D eigenvalue weighted by atomic mass is 9.93. The second kappa shape index (κ2) is 9.76. The summed E-state index contributed by atoms with van der Waals surface area (Å²) >= 11 is 0. The van der Waals surface area contributed by atoms with Crippen molar-refractivity contribution in [1.82, 2.24) is 0 Å². The first kappa shape index (κ1) is 24.2. The maximum Gasteiger partial charge on any atom is 0.414 e. The average molecular weight is 513 g/mol. The lowest BCUT2D eigenvalue weighted by molar-refractivity contribution is -0.385. The first-order valence-corrected chi connectivity index (χ1v) is 13.3. The van der Waals surface area contributed by atoms with Crippen LogP contribution in [0.2, 0.25) is 0 Å². The summed E-state index contributed by atoms with van der Waals surface area (Å²) in [6.45, 7) is -0.572. The van der Waals surface area contributed by atoms with E-state index >= 15 is 0 Å². The van der Waals surface area contributed by atoms with Crippen molar-refractivity contribution in [2.75, 3.05) is 29.6 Å². The van der Waals surface area contributed by atoms with Crippen LogP contribution in [0.4, 0.5) is 20.6 Å². The van der Waals surface area contributed by atoms with Gasteiger partial charge in [-0.1, -0.05) is 12.1 Å². The van der Waals surface area contributed by atoms with Crippen molar-refractivity contribution in [2.45, 2.75) is 29.8 Å². The number of nitro benzene ring substituents is 1. The van der Waals surface area contributed by atoms with Crippen molar-refractivity contribution in [3.05, 3.63) is 64.0 Å². The number of halogens is 1. The second-order valence-corrected chi connectivity index (χ2v) is 11.2. The number of anilines is 1. The lowest BCUT2D eigenvalue weighted by Gasteiger charge is -2.23. The van der Waals surface area contributed by atoms with Crippen LogP contribution in [0, 0.1) is 15.9 Å². The van der Waals surface area contributed by atoms with Crippen LogP contribution < -0.4 is 4.90 Å². The molecule has 0 saturated carbocycles. The highest BCUT2D eigenvalue weighted by molar-refractivity contribution is 7.86. The SMILES string of the molecule is O=C1OC(COS(=O)(=O)c2cccc([N+](=O)[O-])c2)CN1c1ccc(C2CCS(=O)CC2)c(F)c1. The second-order valence-electron chi connectivity index (χ2n) is 7.94. The van der Waals surface area contributed by atoms with E-state index < -0.39 is 61.0 Å². The van der Waals surface area contributed by atoms with E-state index in [1.807, 2.05) is 0 Å². The zero-order valence-corrected chi connectivity index (χ0v) is 19.4. The van der Waals surface area contributed by atoms with Crippen LogP contribution in [-0.4, -0.2) is 54.4 Å². The molecule has 2 fully saturated rings. The smallest absolute Gasteiger partial charge is 0.414 e. The Hall–Kier alpha value is -2.90. The molecule has 2 aromatic carbocycles. The minimum Gasteiger partial charge on any atom is -0.441 e. The van der Waals surface area contributed by atoms with E-state index in [2.05, 4.69) is 0 Å². The number of non-ortho nitro benzene ring substituents is 1. The molecule has 1 unspecified atom stereocenters. The molecule has 2 aromatic rings. The Bertz CT molecular complexity index is 1240. The highest BCUT2D eigenvalue weighted by atomic mass is 32.2. The number of amides is 1. The van der Waals surface area contributed by atoms with Crippen LogP contribution in [-0.2, 0) is 29.8 Å². The fourth-order valence-electron chi connectivity index (χ4n) is 3.93. The third-order valence-electron chi connectivity index (χ3n) is 5.72. The predicted octanol–water partition coefficient (Wildman–Crippen LogP) is 3.09. The molecular weight excluding hydrogens is 491 g/mol. The van der Waals surface area contributed by atoms with Gasteiger partial charge in [0.15, 0.2) is 0 Å². The molecule has 182 valence electrons. The number of cyclic esters (lactones) is 1. The van der Waals surface area contributed by atoms with Crippen LogP contribution in [0.1, 0.15) is 24.3 Å². The summed E-state index contributed by atoms with van der Waals surface area (Å²) in [4.78, 5) is 23.2. The molecule has 2 saturated heterocycles. The largest absolute Gasteiger partial charge is 0.441 e. The third kappa shape index (κ3) is 5.26. The van der Waals surface area contributed by atoms with Gasteiger partial charge in [-0.3, -0.25) is 23.4 Å². The number of carbonyl (C=O) groups excluding carboxylic acids is 1. The fraction of sp³-hybridized carbons (Fsp3) is 0.381. The average Bonchev–Trinajstić information content (AvgIpc) is 3.19. The molecular formula is C21H21FN2O8S2. The summed E-state index contributed by atoms with van der Waals surface area (Å²) in [6.07, 6.45) is -0.459. The number of ether oxygens (including phenoxy) is 1. The number of nitrogens with zero attached hydrogens (tertiary/aromatic N) is 2. The van der Waals surface area contributed by atoms with E-state index in [-0.39, 0.29) is 18.2 Å². The van der Waals surface area contributed by atoms with Gasteiger partial charge in [-0.2, -0.15) is 8.42 Å². The van der Waals surface area contributed by atoms with Gasteiger partial charge in [-0.15, -0.1) is 0 Å². The molecule has 0 N–H and O–H groups in total. The molecule has 0 spiro atoms. The van der Waals surface area contributed by atoms with Crippen LogP contribution in [0.3, 0.4) is 0 Å². The molecule has 0 bridgehead atoms. The molecule has 34 heavy (non-hydrogen) atoms. The van der Waals surface area contributed by atoms with Gasteiger partial charge < -0.3 is 4.74 Å². The van der Waals surface area contributed by atoms with Gasteiger partial charge in [0.1, 0.15) is 23.4 Å². The topological polar surface area (TPSA) is 133 Å². The van der Waals surface area contributed by atoms with E-state index in [1.54, 1.807) is 12.1 Å². The van der Waals surface area contributed by atoms with Gasteiger partial charge in [-0.25, -0.2) is 9.18 Å². The van der Waals surface area contributed by atoms with Crippen LogP contribution in [0.15, 0.2) is 47.4 Å². The van der Waals surface area contributed by atoms with Crippen LogP contribution in [0.5, 0.6) is 0 Å². The van der Waals surface area contributed by atoms with Crippen LogP contribution >= 0.6 is 0 Å². The maximum atomic E-state index is 14.8. The summed E-state index contributed by atoms with van der Waals surface area (Å²) in [5.74, 6) is 0.560. The summed E-state index contributed by atoms with van der Waals surface area (Å²) in [5, 5.41) is 10.9. The Labute approximate surface area is 197 Å². The molecule has 10 nitrogen and oxygen atoms in total. The van der Waals surface area contributed by atoms with E-state index in [9.17, 15) is 31.9 Å². The van der Waals surface area contributed by atoms with Crippen molar-refractivity contribution in [3.8, 4) is 0 Å². The molecule has 0 aliphatic carbocycles. The Morgan fingerprint density at radius 1 is 1.21 bits per heavy atom. The van der Waals surface area contributed by atoms with Gasteiger partial charge in [0.05, 0.1) is 17.2 Å². The molecule has 4 rings (SSSR count). The third-order valence-corrected chi connectivity index (χ3v) is 8.38. The monoisotopic (exact) mass is 512 g/mol. The zero-order chi connectivity index (χ0) is 24.5. The van der Waals surface area contributed by atoms with Gasteiger partial charge in [-0.05, 0) is 42.5 Å². The fourth-order valence-corrected chi connectivity index (χ4v) is 6.20. The van der Waals surface area contributed by atoms with E-state index in [4.69, 9.17) is 8.92 Å². The number of carbonyl (C=O) groups is 1. The van der Waals surface area contributed by atoms with E-state index in [1.165, 1.54) is 17.0 Å². The Kier molecular flexibility index (Phi) is 6.96. The Balaban J connectivity index is 1.40. The first-order chi connectivity index (χ1) is 16.1. The molecule has 2 aliphatic heterocycles. The Morgan fingerprint density at radius 2 is 1.94 bits per heavy atom. The molecule has 1 atom stereocenters. The standard InChI is InChI=1S/C21H21FN2O8S2/c22-20-11-15(4-5-19(20)14-6-8-33(28)9-7-14)23-12-17(32-21(23)25)13-31-34(29,30)18-3-1-2-16(10-18)24(26)27/h1-5,10-11,14,17H,6-9,12-13H2. The molecule has 1 amide bonds. The van der Waals surface area contributed by atoms with Crippen molar-refractivity contribution in [2.24, 2.45) is 0 Å². The zero-order valence-electron chi connectivity index (χ0n) is 17.8. The van der Waals surface area contributed by atoms with E-state index in [0.717, 1.165) is 18.2 Å². The highest BCUT2D eigenvalue weighted by Crippen LogP contribution is 2.33. The number of hydrogen-bond donors (Lipinski definition) is 0. The predicted molar refractivity (Wildman–Crippen MR) is 120 cm³/mol. The number of hydrogen-bond acceptors (Lipinski definition) is 8. The van der Waals surface area contributed by atoms with Crippen molar-refractivity contribution < 1.29 is 35.7 Å². The summed E-state index contributed by atoms with van der Waals surface area (Å²) in [5.41, 5.74) is 0.362. The molecule has 0 aromatic heterocycles. The normalized spacial score (nSPS) is 23.0. The summed E-state index contributed by atoms with van der Waals surface area (Å²) in [7, 11) is -5.19. The lowest BCUT2D eigenvalue weighted by Crippen LogP contribution is -2.27. The minimum atomic E-state index is -4.33.